The molecule has 1 aliphatic heterocycles. The lowest BCUT2D eigenvalue weighted by Crippen LogP contribution is -2.05. The molecule has 1 fully saturated rings. The molecule has 4 heteroatoms. The lowest BCUT2D eigenvalue weighted by atomic mass is 10.2. The van der Waals surface area contributed by atoms with Crippen LogP contribution in [0.3, 0.4) is 0 Å². The van der Waals surface area contributed by atoms with Crippen LogP contribution in [0, 0.1) is 6.92 Å². The van der Waals surface area contributed by atoms with Crippen LogP contribution in [0.1, 0.15) is 12.5 Å². The highest BCUT2D eigenvalue weighted by Crippen LogP contribution is 2.24. The molecule has 1 saturated heterocycles. The van der Waals surface area contributed by atoms with Crippen LogP contribution in [0.25, 0.3) is 0 Å². The largest absolute Gasteiger partial charge is 0.491 e. The van der Waals surface area contributed by atoms with Gasteiger partial charge < -0.3 is 14.2 Å². The van der Waals surface area contributed by atoms with E-state index in [4.69, 9.17) is 14.2 Å². The quantitative estimate of drug-likeness (QED) is 0.442. The highest BCUT2D eigenvalue weighted by molar-refractivity contribution is 5.69. The Morgan fingerprint density at radius 1 is 1.56 bits per heavy atom. The molecule has 16 heavy (non-hydrogen) atoms. The molecule has 1 aromatic carbocycles. The minimum Gasteiger partial charge on any atom is -0.491 e. The van der Waals surface area contributed by atoms with Gasteiger partial charge in [-0.1, -0.05) is 0 Å². The Hall–Kier alpha value is -1.55. The molecule has 0 aromatic heterocycles. The van der Waals surface area contributed by atoms with Crippen LogP contribution in [-0.4, -0.2) is 25.3 Å². The zero-order valence-electron chi connectivity index (χ0n) is 9.36. The van der Waals surface area contributed by atoms with E-state index in [0.717, 1.165) is 17.9 Å². The van der Waals surface area contributed by atoms with Crippen LogP contribution < -0.4 is 9.47 Å². The number of carbonyl (C=O) groups is 1. The number of aryl methyl sites for hydroxylation is 1. The van der Waals surface area contributed by atoms with Gasteiger partial charge in [-0.15, -0.1) is 0 Å². The molecule has 1 aromatic rings. The first-order valence-corrected chi connectivity index (χ1v) is 5.18. The fourth-order valence-corrected chi connectivity index (χ4v) is 1.33. The standard InChI is InChI=1S/C12H14O4/c1-8-5-10(14-6-11-7-15-11)3-4-12(8)16-9(2)13/h3-5,11H,6-7H2,1-2H3. The summed E-state index contributed by atoms with van der Waals surface area (Å²) in [6.07, 6.45) is 0.244. The SMILES string of the molecule is CC(=O)Oc1ccc(OCC2CO2)cc1C. The summed E-state index contributed by atoms with van der Waals surface area (Å²) in [5.74, 6) is 1.02. The zero-order valence-corrected chi connectivity index (χ0v) is 9.36. The fourth-order valence-electron chi connectivity index (χ4n) is 1.33. The molecule has 0 spiro atoms. The summed E-state index contributed by atoms with van der Waals surface area (Å²) in [4.78, 5) is 10.8. The third kappa shape index (κ3) is 2.97. The van der Waals surface area contributed by atoms with E-state index in [2.05, 4.69) is 0 Å². The monoisotopic (exact) mass is 222 g/mol. The van der Waals surface area contributed by atoms with E-state index in [1.165, 1.54) is 6.92 Å². The molecule has 0 saturated carbocycles. The molecule has 1 aliphatic rings. The minimum absolute atomic E-state index is 0.244. The smallest absolute Gasteiger partial charge is 0.308 e. The van der Waals surface area contributed by atoms with E-state index in [1.807, 2.05) is 13.0 Å². The molecule has 1 heterocycles. The van der Waals surface area contributed by atoms with Crippen molar-refractivity contribution < 1.29 is 19.0 Å². The number of rotatable bonds is 4. The van der Waals surface area contributed by atoms with Crippen molar-refractivity contribution in [1.82, 2.24) is 0 Å². The van der Waals surface area contributed by atoms with Crippen molar-refractivity contribution in [2.24, 2.45) is 0 Å². The van der Waals surface area contributed by atoms with Crippen LogP contribution in [0.2, 0.25) is 0 Å². The average Bonchev–Trinajstić information content (AvgIpc) is 3.02. The number of ether oxygens (including phenoxy) is 3. The molecule has 1 atom stereocenters. The highest BCUT2D eigenvalue weighted by atomic mass is 16.6. The van der Waals surface area contributed by atoms with Crippen molar-refractivity contribution in [2.75, 3.05) is 13.2 Å². The third-order valence-corrected chi connectivity index (χ3v) is 2.24. The van der Waals surface area contributed by atoms with E-state index >= 15 is 0 Å². The van der Waals surface area contributed by atoms with Crippen LogP contribution >= 0.6 is 0 Å². The van der Waals surface area contributed by atoms with Gasteiger partial charge in [-0.25, -0.2) is 0 Å². The van der Waals surface area contributed by atoms with Crippen LogP contribution in [0.5, 0.6) is 11.5 Å². The summed E-state index contributed by atoms with van der Waals surface area (Å²) in [7, 11) is 0. The van der Waals surface area contributed by atoms with Crippen molar-refractivity contribution in [3.8, 4) is 11.5 Å². The fraction of sp³-hybridized carbons (Fsp3) is 0.417. The lowest BCUT2D eigenvalue weighted by molar-refractivity contribution is -0.131. The van der Waals surface area contributed by atoms with Gasteiger partial charge in [0.1, 0.15) is 24.2 Å². The topological polar surface area (TPSA) is 48.1 Å². The molecular weight excluding hydrogens is 208 g/mol. The number of hydrogen-bond acceptors (Lipinski definition) is 4. The first-order valence-electron chi connectivity index (χ1n) is 5.18. The predicted octanol–water partition coefficient (Wildman–Crippen LogP) is 1.70. The Balaban J connectivity index is 1.99. The summed E-state index contributed by atoms with van der Waals surface area (Å²) in [5.41, 5.74) is 0.879. The zero-order chi connectivity index (χ0) is 11.5. The number of hydrogen-bond donors (Lipinski definition) is 0. The first-order chi connectivity index (χ1) is 7.65. The summed E-state index contributed by atoms with van der Waals surface area (Å²) in [5, 5.41) is 0. The normalized spacial score (nSPS) is 18.0. The minimum atomic E-state index is -0.317. The van der Waals surface area contributed by atoms with E-state index in [-0.39, 0.29) is 12.1 Å². The van der Waals surface area contributed by atoms with Crippen molar-refractivity contribution in [2.45, 2.75) is 20.0 Å². The van der Waals surface area contributed by atoms with Gasteiger partial charge in [0, 0.05) is 6.92 Å². The van der Waals surface area contributed by atoms with Crippen molar-refractivity contribution in [1.29, 1.82) is 0 Å². The first kappa shape index (κ1) is 11.0. The molecule has 86 valence electrons. The number of carbonyl (C=O) groups excluding carboxylic acids is 1. The number of epoxide rings is 1. The van der Waals surface area contributed by atoms with E-state index < -0.39 is 0 Å². The Labute approximate surface area is 94.1 Å². The van der Waals surface area contributed by atoms with E-state index in [0.29, 0.717) is 12.4 Å². The maximum absolute atomic E-state index is 10.8. The summed E-state index contributed by atoms with van der Waals surface area (Å²) in [6, 6.07) is 5.37. The Kier molecular flexibility index (Phi) is 3.10. The van der Waals surface area contributed by atoms with Gasteiger partial charge in [0.2, 0.25) is 0 Å². The van der Waals surface area contributed by atoms with Crippen LogP contribution in [0.4, 0.5) is 0 Å². The van der Waals surface area contributed by atoms with Crippen molar-refractivity contribution in [3.63, 3.8) is 0 Å². The van der Waals surface area contributed by atoms with Gasteiger partial charge >= 0.3 is 5.97 Å². The van der Waals surface area contributed by atoms with E-state index in [1.54, 1.807) is 12.1 Å². The Morgan fingerprint density at radius 3 is 2.88 bits per heavy atom. The summed E-state index contributed by atoms with van der Waals surface area (Å²) < 4.78 is 15.6. The van der Waals surface area contributed by atoms with Crippen LogP contribution in [0.15, 0.2) is 18.2 Å². The van der Waals surface area contributed by atoms with Crippen molar-refractivity contribution >= 4 is 5.97 Å². The van der Waals surface area contributed by atoms with Gasteiger partial charge in [0.25, 0.3) is 0 Å². The van der Waals surface area contributed by atoms with Gasteiger partial charge in [-0.05, 0) is 30.7 Å². The lowest BCUT2D eigenvalue weighted by Gasteiger charge is -2.08. The second kappa shape index (κ2) is 4.53. The molecule has 4 nitrogen and oxygen atoms in total. The van der Waals surface area contributed by atoms with E-state index in [9.17, 15) is 4.79 Å². The average molecular weight is 222 g/mol. The highest BCUT2D eigenvalue weighted by Gasteiger charge is 2.23. The summed E-state index contributed by atoms with van der Waals surface area (Å²) >= 11 is 0. The molecule has 2 rings (SSSR count). The van der Waals surface area contributed by atoms with Gasteiger partial charge in [0.15, 0.2) is 0 Å². The summed E-state index contributed by atoms with van der Waals surface area (Å²) in [6.45, 7) is 4.61. The molecule has 0 N–H and O–H groups in total. The third-order valence-electron chi connectivity index (χ3n) is 2.24. The number of benzene rings is 1. The van der Waals surface area contributed by atoms with Crippen molar-refractivity contribution in [3.05, 3.63) is 23.8 Å². The second-order valence-corrected chi connectivity index (χ2v) is 3.79. The molecule has 0 radical (unpaired) electrons. The molecule has 1 unspecified atom stereocenters. The Bertz CT molecular complexity index is 396. The van der Waals surface area contributed by atoms with Gasteiger partial charge in [-0.3, -0.25) is 4.79 Å². The van der Waals surface area contributed by atoms with Crippen LogP contribution in [-0.2, 0) is 9.53 Å². The molecular formula is C12H14O4. The van der Waals surface area contributed by atoms with Gasteiger partial charge in [0.05, 0.1) is 6.61 Å². The molecule has 0 aliphatic carbocycles. The maximum Gasteiger partial charge on any atom is 0.308 e. The number of esters is 1. The van der Waals surface area contributed by atoms with Gasteiger partial charge in [-0.2, -0.15) is 0 Å². The molecule has 0 amide bonds. The predicted molar refractivity (Wildman–Crippen MR) is 57.7 cm³/mol. The Morgan fingerprint density at radius 2 is 2.31 bits per heavy atom. The molecule has 0 bridgehead atoms. The maximum atomic E-state index is 10.8. The second-order valence-electron chi connectivity index (χ2n) is 3.79.